The van der Waals surface area contributed by atoms with E-state index < -0.39 is 0 Å². The normalized spacial score (nSPS) is 13.7. The Morgan fingerprint density at radius 3 is 2.06 bits per heavy atom. The van der Waals surface area contributed by atoms with Crippen LogP contribution in [0.15, 0.2) is 78.9 Å². The van der Waals surface area contributed by atoms with Crippen molar-refractivity contribution in [3.63, 3.8) is 0 Å². The van der Waals surface area contributed by atoms with Crippen LogP contribution in [-0.4, -0.2) is 4.98 Å². The van der Waals surface area contributed by atoms with Crippen molar-refractivity contribution in [2.24, 2.45) is 0 Å². The number of rotatable bonds is 2. The van der Waals surface area contributed by atoms with E-state index >= 15 is 0 Å². The molecule has 1 aliphatic rings. The van der Waals surface area contributed by atoms with E-state index in [1.54, 1.807) is 0 Å². The zero-order valence-electron chi connectivity index (χ0n) is 21.5. The van der Waals surface area contributed by atoms with Crippen LogP contribution in [0.25, 0.3) is 44.4 Å². The molecule has 5 aromatic rings. The Balaban J connectivity index is 1.71. The standard InChI is InChI=1S/C34H31N/c1-20-11-12-25(23(4)14-20)27-18-32(24-15-21(2)13-22(3)16-24)35-33-19-31-28(17-29(27)33)26-9-7-8-10-30(26)34(31,5)6/h7-19H,1-6H3. The highest BCUT2D eigenvalue weighted by molar-refractivity contribution is 6.02. The number of hydrogen-bond donors (Lipinski definition) is 0. The van der Waals surface area contributed by atoms with Crippen LogP contribution in [-0.2, 0) is 5.41 Å². The van der Waals surface area contributed by atoms with Gasteiger partial charge in [0.15, 0.2) is 0 Å². The summed E-state index contributed by atoms with van der Waals surface area (Å²) in [5.74, 6) is 0. The molecule has 0 amide bonds. The van der Waals surface area contributed by atoms with Crippen LogP contribution in [0.4, 0.5) is 0 Å². The molecular weight excluding hydrogens is 422 g/mol. The van der Waals surface area contributed by atoms with Crippen molar-refractivity contribution in [2.45, 2.75) is 47.0 Å². The van der Waals surface area contributed by atoms with Gasteiger partial charge >= 0.3 is 0 Å². The monoisotopic (exact) mass is 453 g/mol. The second kappa shape index (κ2) is 7.65. The Labute approximate surface area is 208 Å². The van der Waals surface area contributed by atoms with E-state index in [0.29, 0.717) is 0 Å². The van der Waals surface area contributed by atoms with Gasteiger partial charge in [-0.15, -0.1) is 0 Å². The number of nitrogens with zero attached hydrogens (tertiary/aromatic N) is 1. The molecule has 0 fully saturated rings. The lowest BCUT2D eigenvalue weighted by molar-refractivity contribution is 0.661. The fourth-order valence-electron chi connectivity index (χ4n) is 6.03. The molecule has 1 heteroatoms. The average Bonchev–Trinajstić information content (AvgIpc) is 3.03. The lowest BCUT2D eigenvalue weighted by Crippen LogP contribution is -2.14. The maximum Gasteiger partial charge on any atom is 0.0719 e. The van der Waals surface area contributed by atoms with Crippen LogP contribution in [0, 0.1) is 27.7 Å². The van der Waals surface area contributed by atoms with Gasteiger partial charge in [0.25, 0.3) is 0 Å². The minimum atomic E-state index is -0.0440. The SMILES string of the molecule is Cc1cc(C)cc(-c2cc(-c3ccc(C)cc3C)c3cc4c(cc3n2)C(C)(C)c2ccccc2-4)c1. The van der Waals surface area contributed by atoms with Crippen LogP contribution in [0.5, 0.6) is 0 Å². The van der Waals surface area contributed by atoms with E-state index in [9.17, 15) is 0 Å². The fourth-order valence-corrected chi connectivity index (χ4v) is 6.03. The third kappa shape index (κ3) is 3.41. The zero-order valence-corrected chi connectivity index (χ0v) is 21.5. The van der Waals surface area contributed by atoms with Crippen LogP contribution in [0.1, 0.15) is 47.2 Å². The van der Waals surface area contributed by atoms with Gasteiger partial charge in [-0.1, -0.05) is 79.1 Å². The Bertz CT molecular complexity index is 1630. The zero-order chi connectivity index (χ0) is 24.5. The van der Waals surface area contributed by atoms with Gasteiger partial charge in [-0.3, -0.25) is 0 Å². The fraction of sp³-hybridized carbons (Fsp3) is 0.206. The second-order valence-electron chi connectivity index (χ2n) is 10.8. The molecule has 35 heavy (non-hydrogen) atoms. The third-order valence-corrected chi connectivity index (χ3v) is 7.70. The van der Waals surface area contributed by atoms with E-state index in [4.69, 9.17) is 4.98 Å². The molecule has 1 heterocycles. The summed E-state index contributed by atoms with van der Waals surface area (Å²) in [6, 6.07) is 29.4. The first-order chi connectivity index (χ1) is 16.7. The highest BCUT2D eigenvalue weighted by Crippen LogP contribution is 2.50. The molecular formula is C34H31N. The molecule has 4 aromatic carbocycles. The summed E-state index contributed by atoms with van der Waals surface area (Å²) in [7, 11) is 0. The molecule has 0 saturated carbocycles. The van der Waals surface area contributed by atoms with Gasteiger partial charge in [0, 0.05) is 16.4 Å². The molecule has 6 rings (SSSR count). The highest BCUT2D eigenvalue weighted by Gasteiger charge is 2.35. The second-order valence-corrected chi connectivity index (χ2v) is 10.8. The molecule has 172 valence electrons. The number of hydrogen-bond acceptors (Lipinski definition) is 1. The molecule has 0 radical (unpaired) electrons. The summed E-state index contributed by atoms with van der Waals surface area (Å²) in [4.78, 5) is 5.27. The van der Waals surface area contributed by atoms with Gasteiger partial charge < -0.3 is 0 Å². The molecule has 1 aliphatic carbocycles. The smallest absolute Gasteiger partial charge is 0.0719 e. The highest BCUT2D eigenvalue weighted by atomic mass is 14.7. The Hall–Kier alpha value is -3.71. The minimum absolute atomic E-state index is 0.0440. The molecule has 0 spiro atoms. The van der Waals surface area contributed by atoms with Crippen LogP contribution >= 0.6 is 0 Å². The van der Waals surface area contributed by atoms with Gasteiger partial charge in [0.1, 0.15) is 0 Å². The molecule has 0 aliphatic heterocycles. The first-order valence-corrected chi connectivity index (χ1v) is 12.5. The first kappa shape index (κ1) is 21.8. The minimum Gasteiger partial charge on any atom is -0.248 e. The molecule has 1 nitrogen and oxygen atoms in total. The quantitative estimate of drug-likeness (QED) is 0.260. The van der Waals surface area contributed by atoms with Gasteiger partial charge in [0.2, 0.25) is 0 Å². The van der Waals surface area contributed by atoms with E-state index in [1.165, 1.54) is 66.6 Å². The van der Waals surface area contributed by atoms with Crippen molar-refractivity contribution in [3.05, 3.63) is 112 Å². The number of pyridine rings is 1. The van der Waals surface area contributed by atoms with E-state index in [1.807, 2.05) is 0 Å². The maximum atomic E-state index is 5.27. The lowest BCUT2D eigenvalue weighted by Gasteiger charge is -2.22. The summed E-state index contributed by atoms with van der Waals surface area (Å²) >= 11 is 0. The number of aromatic nitrogens is 1. The van der Waals surface area contributed by atoms with Crippen LogP contribution in [0.3, 0.4) is 0 Å². The van der Waals surface area contributed by atoms with Gasteiger partial charge in [-0.05, 0) is 97.0 Å². The first-order valence-electron chi connectivity index (χ1n) is 12.5. The van der Waals surface area contributed by atoms with Crippen molar-refractivity contribution in [3.8, 4) is 33.5 Å². The van der Waals surface area contributed by atoms with Gasteiger partial charge in [0.05, 0.1) is 11.2 Å². The Morgan fingerprint density at radius 1 is 0.571 bits per heavy atom. The van der Waals surface area contributed by atoms with E-state index in [0.717, 1.165) is 11.2 Å². The van der Waals surface area contributed by atoms with Crippen molar-refractivity contribution in [1.29, 1.82) is 0 Å². The van der Waals surface area contributed by atoms with Gasteiger partial charge in [-0.2, -0.15) is 0 Å². The Morgan fingerprint density at radius 2 is 1.31 bits per heavy atom. The molecule has 0 bridgehead atoms. The lowest BCUT2D eigenvalue weighted by atomic mass is 9.82. The topological polar surface area (TPSA) is 12.9 Å². The average molecular weight is 454 g/mol. The van der Waals surface area contributed by atoms with Crippen molar-refractivity contribution >= 4 is 10.9 Å². The van der Waals surface area contributed by atoms with Crippen molar-refractivity contribution < 1.29 is 0 Å². The van der Waals surface area contributed by atoms with Gasteiger partial charge in [-0.25, -0.2) is 4.98 Å². The molecule has 0 atom stereocenters. The van der Waals surface area contributed by atoms with Crippen LogP contribution in [0.2, 0.25) is 0 Å². The number of fused-ring (bicyclic) bond motifs is 4. The largest absolute Gasteiger partial charge is 0.248 e. The predicted octanol–water partition coefficient (Wildman–Crippen LogP) is 9.11. The summed E-state index contributed by atoms with van der Waals surface area (Å²) in [5, 5.41) is 1.22. The van der Waals surface area contributed by atoms with E-state index in [-0.39, 0.29) is 5.41 Å². The Kier molecular flexibility index (Phi) is 4.76. The molecule has 1 aromatic heterocycles. The molecule has 0 N–H and O–H groups in total. The summed E-state index contributed by atoms with van der Waals surface area (Å²) < 4.78 is 0. The summed E-state index contributed by atoms with van der Waals surface area (Å²) in [5.41, 5.74) is 16.3. The summed E-state index contributed by atoms with van der Waals surface area (Å²) in [6.45, 7) is 13.4. The van der Waals surface area contributed by atoms with E-state index in [2.05, 4.69) is 120 Å². The number of benzene rings is 4. The number of aryl methyl sites for hydroxylation is 4. The maximum absolute atomic E-state index is 5.27. The van der Waals surface area contributed by atoms with Crippen molar-refractivity contribution in [1.82, 2.24) is 4.98 Å². The van der Waals surface area contributed by atoms with Crippen LogP contribution < -0.4 is 0 Å². The molecule has 0 unspecified atom stereocenters. The predicted molar refractivity (Wildman–Crippen MR) is 149 cm³/mol. The molecule has 0 saturated heterocycles. The summed E-state index contributed by atoms with van der Waals surface area (Å²) in [6.07, 6.45) is 0. The third-order valence-electron chi connectivity index (χ3n) is 7.70. The van der Waals surface area contributed by atoms with Crippen molar-refractivity contribution in [2.75, 3.05) is 0 Å².